The smallest absolute Gasteiger partial charge is 0.485 e. The highest BCUT2D eigenvalue weighted by atomic mass is 32.2. The number of hydrogen-bond donors (Lipinski definition) is 0. The van der Waals surface area contributed by atoms with Gasteiger partial charge in [0.25, 0.3) is 0 Å². The number of unbranched alkanes of at least 4 members (excludes halogenated alkanes) is 2. The fraction of sp³-hybridized carbons (Fsp3) is 0.389. The Morgan fingerprint density at radius 1 is 0.574 bits per heavy atom. The minimum Gasteiger partial charge on any atom is -0.741 e. The van der Waals surface area contributed by atoms with Crippen molar-refractivity contribution in [3.05, 3.63) is 82.9 Å². The first-order valence-electron chi connectivity index (χ1n) is 16.1. The Morgan fingerprint density at radius 2 is 0.852 bits per heavy atom. The van der Waals surface area contributed by atoms with Crippen LogP contribution in [0.15, 0.2) is 70.5 Å². The number of rotatable bonds is 14. The highest BCUT2D eigenvalue weighted by Crippen LogP contribution is 2.33. The van der Waals surface area contributed by atoms with Gasteiger partial charge in [-0.05, 0) is 60.4 Å². The molecule has 0 fully saturated rings. The molecule has 0 saturated carbocycles. The monoisotopic (exact) mass is 846 g/mol. The van der Waals surface area contributed by atoms with E-state index in [9.17, 15) is 26.3 Å². The van der Waals surface area contributed by atoms with Gasteiger partial charge in [-0.25, -0.2) is 16.8 Å². The van der Waals surface area contributed by atoms with Gasteiger partial charge in [-0.3, -0.25) is 0 Å². The molecule has 8 nitrogen and oxygen atoms in total. The molecule has 0 aliphatic carbocycles. The maximum atomic E-state index is 10.7. The normalized spacial score (nSPS) is 12.4. The second kappa shape index (κ2) is 22.4. The third-order valence-corrected chi connectivity index (χ3v) is 10.4. The number of hydrogen-bond acceptors (Lipinski definition) is 8. The summed E-state index contributed by atoms with van der Waals surface area (Å²) in [7, 11) is -11.6. The Kier molecular flexibility index (Phi) is 20.3. The van der Waals surface area contributed by atoms with E-state index in [4.69, 9.17) is 35.4 Å². The van der Waals surface area contributed by atoms with Crippen LogP contribution in [0.25, 0.3) is 24.3 Å². The predicted octanol–water partition coefficient (Wildman–Crippen LogP) is 8.96. The molecule has 3 aromatic carbocycles. The molecule has 302 valence electrons. The van der Waals surface area contributed by atoms with Crippen LogP contribution in [0.2, 0.25) is 0 Å². The van der Waals surface area contributed by atoms with Gasteiger partial charge in [-0.15, -0.1) is 0 Å². The van der Waals surface area contributed by atoms with E-state index < -0.39 is 31.3 Å². The largest absolute Gasteiger partial charge is 0.741 e. The number of halogens is 6. The SMILES string of the molecule is CCCCOc1cc(/C=C/c2ccc([S+](C)C)cc2)c(OCCCC)cc1C=Cc1ccc([S+](C)C)cc1.O=S(=O)([O-])C(F)(F)F.O=S(=O)([O-])C(F)(F)F. The van der Waals surface area contributed by atoms with E-state index >= 15 is 0 Å². The van der Waals surface area contributed by atoms with Gasteiger partial charge in [0.2, 0.25) is 0 Å². The molecule has 3 aromatic rings. The summed E-state index contributed by atoms with van der Waals surface area (Å²) in [5.74, 6) is 1.79. The van der Waals surface area contributed by atoms with E-state index in [0.717, 1.165) is 48.3 Å². The van der Waals surface area contributed by atoms with Crippen molar-refractivity contribution in [1.82, 2.24) is 0 Å². The Morgan fingerprint density at radius 3 is 1.07 bits per heavy atom. The molecule has 0 saturated heterocycles. The Bertz CT molecular complexity index is 1720. The van der Waals surface area contributed by atoms with Crippen LogP contribution in [0.3, 0.4) is 0 Å². The average Bonchev–Trinajstić information content (AvgIpc) is 3.06. The van der Waals surface area contributed by atoms with Crippen molar-refractivity contribution in [1.29, 1.82) is 0 Å². The summed E-state index contributed by atoms with van der Waals surface area (Å²) in [4.78, 5) is 2.76. The molecular formula is C36H44F6O8S4. The summed E-state index contributed by atoms with van der Waals surface area (Å²) in [6, 6.07) is 21.9. The van der Waals surface area contributed by atoms with Gasteiger partial charge in [0, 0.05) is 32.9 Å². The van der Waals surface area contributed by atoms with Crippen LogP contribution in [0.5, 0.6) is 11.5 Å². The summed E-state index contributed by atoms with van der Waals surface area (Å²) < 4.78 is 130. The van der Waals surface area contributed by atoms with Crippen LogP contribution >= 0.6 is 0 Å². The zero-order valence-corrected chi connectivity index (χ0v) is 33.8. The van der Waals surface area contributed by atoms with Crippen LogP contribution < -0.4 is 9.47 Å². The highest BCUT2D eigenvalue weighted by Gasteiger charge is 2.37. The van der Waals surface area contributed by atoms with E-state index in [1.807, 2.05) is 0 Å². The van der Waals surface area contributed by atoms with Gasteiger partial charge in [-0.1, -0.05) is 75.3 Å². The van der Waals surface area contributed by atoms with Crippen LogP contribution in [-0.2, 0) is 42.0 Å². The summed E-state index contributed by atoms with van der Waals surface area (Å²) >= 11 is 0. The Balaban J connectivity index is 0.000000757. The Labute approximate surface area is 319 Å². The number of benzene rings is 3. The maximum absolute atomic E-state index is 10.7. The molecule has 0 atom stereocenters. The van der Waals surface area contributed by atoms with Gasteiger partial charge in [0.1, 0.15) is 36.5 Å². The molecule has 0 aliphatic rings. The first kappa shape index (κ1) is 48.9. The van der Waals surface area contributed by atoms with E-state index in [1.165, 1.54) is 20.9 Å². The van der Waals surface area contributed by atoms with Crippen molar-refractivity contribution >= 4 is 66.3 Å². The molecule has 0 aromatic heterocycles. The van der Waals surface area contributed by atoms with Gasteiger partial charge in [-0.2, -0.15) is 26.3 Å². The zero-order valence-electron chi connectivity index (χ0n) is 30.5. The summed E-state index contributed by atoms with van der Waals surface area (Å²) in [6.07, 6.45) is 21.9. The first-order chi connectivity index (χ1) is 24.9. The molecule has 0 spiro atoms. The first-order valence-corrected chi connectivity index (χ1v) is 23.0. The van der Waals surface area contributed by atoms with E-state index in [-0.39, 0.29) is 21.8 Å². The van der Waals surface area contributed by atoms with E-state index in [2.05, 4.69) is 124 Å². The van der Waals surface area contributed by atoms with Crippen LogP contribution in [0, 0.1) is 0 Å². The van der Waals surface area contributed by atoms with Crippen LogP contribution in [0.1, 0.15) is 61.8 Å². The minimum absolute atomic E-state index is 0.268. The third kappa shape index (κ3) is 18.0. The number of alkyl halides is 6. The molecular weight excluding hydrogens is 803 g/mol. The molecule has 0 amide bonds. The van der Waals surface area contributed by atoms with Gasteiger partial charge in [0.05, 0.1) is 13.2 Å². The number of ether oxygens (including phenoxy) is 2. The molecule has 54 heavy (non-hydrogen) atoms. The molecule has 3 rings (SSSR count). The summed E-state index contributed by atoms with van der Waals surface area (Å²) in [5, 5.41) is 0. The second-order valence-electron chi connectivity index (χ2n) is 11.6. The third-order valence-electron chi connectivity index (χ3n) is 6.83. The second-order valence-corrected chi connectivity index (χ2v) is 18.5. The Hall–Kier alpha value is -3.16. The van der Waals surface area contributed by atoms with Crippen molar-refractivity contribution in [2.75, 3.05) is 38.2 Å². The topological polar surface area (TPSA) is 133 Å². The van der Waals surface area contributed by atoms with Crippen molar-refractivity contribution in [2.24, 2.45) is 0 Å². The van der Waals surface area contributed by atoms with Crippen molar-refractivity contribution in [3.63, 3.8) is 0 Å². The van der Waals surface area contributed by atoms with Crippen molar-refractivity contribution in [2.45, 2.75) is 60.3 Å². The predicted molar refractivity (Wildman–Crippen MR) is 204 cm³/mol. The zero-order chi connectivity index (χ0) is 41.3. The van der Waals surface area contributed by atoms with Gasteiger partial charge >= 0.3 is 11.0 Å². The summed E-state index contributed by atoms with van der Waals surface area (Å²) in [6.45, 7) is 5.79. The molecule has 0 radical (unpaired) electrons. The molecule has 0 unspecified atom stereocenters. The average molecular weight is 847 g/mol. The molecule has 0 aliphatic heterocycles. The fourth-order valence-corrected chi connectivity index (χ4v) is 5.19. The standard InChI is InChI=1S/C34H44O2S2.2CHF3O3S/c1-7-9-23-35-33-25-30(18-12-28-15-21-32(22-16-28)38(5)6)34(36-24-10-8-2)26-29(33)17-11-27-13-19-31(20-14-27)37(3)4;2*2-1(3,4)8(5,6)7/h11-22,25-26H,7-10,23-24H2,1-6H3;2*(H,5,6,7)/q+2;;/p-2/b17-11+,18-12?;;. The van der Waals surface area contributed by atoms with Crippen LogP contribution in [-0.4, -0.2) is 75.2 Å². The van der Waals surface area contributed by atoms with Crippen molar-refractivity contribution < 1.29 is 61.8 Å². The quantitative estimate of drug-likeness (QED) is 0.0392. The molecule has 0 bridgehead atoms. The van der Waals surface area contributed by atoms with Gasteiger partial charge < -0.3 is 18.6 Å². The lowest BCUT2D eigenvalue weighted by Crippen LogP contribution is -2.21. The summed E-state index contributed by atoms with van der Waals surface area (Å²) in [5.41, 5.74) is -6.84. The lowest BCUT2D eigenvalue weighted by atomic mass is 10.1. The molecule has 18 heteroatoms. The molecule has 0 heterocycles. The lowest BCUT2D eigenvalue weighted by Gasteiger charge is -2.15. The minimum atomic E-state index is -6.09. The van der Waals surface area contributed by atoms with Crippen molar-refractivity contribution in [3.8, 4) is 11.5 Å². The molecule has 0 N–H and O–H groups in total. The van der Waals surface area contributed by atoms with Crippen LogP contribution in [0.4, 0.5) is 26.3 Å². The van der Waals surface area contributed by atoms with E-state index in [0.29, 0.717) is 13.2 Å². The maximum Gasteiger partial charge on any atom is 0.485 e. The fourth-order valence-electron chi connectivity index (χ4n) is 3.83. The lowest BCUT2D eigenvalue weighted by molar-refractivity contribution is -0.0522. The van der Waals surface area contributed by atoms with Gasteiger partial charge in [0.15, 0.2) is 30.0 Å². The van der Waals surface area contributed by atoms with E-state index in [1.54, 1.807) is 0 Å². The highest BCUT2D eigenvalue weighted by molar-refractivity contribution is 7.95.